The molecule has 62 valence electrons. The zero-order chi connectivity index (χ0) is 8.39. The van der Waals surface area contributed by atoms with Crippen molar-refractivity contribution in [3.05, 3.63) is 42.2 Å². The van der Waals surface area contributed by atoms with E-state index in [-0.39, 0.29) is 0 Å². The maximum Gasteiger partial charge on any atom is 0.0589 e. The summed E-state index contributed by atoms with van der Waals surface area (Å²) in [5.41, 5.74) is 8.26. The normalized spacial score (nSPS) is 15.8. The number of allylic oxidation sites excluding steroid dienone is 1. The largest absolute Gasteiger partial charge is 0.306 e. The second-order valence-corrected chi connectivity index (χ2v) is 2.75. The van der Waals surface area contributed by atoms with Crippen molar-refractivity contribution in [3.8, 4) is 0 Å². The maximum atomic E-state index is 3.01. The van der Waals surface area contributed by atoms with Crippen molar-refractivity contribution in [1.29, 1.82) is 0 Å². The fourth-order valence-corrected chi connectivity index (χ4v) is 1.13. The third kappa shape index (κ3) is 1.26. The van der Waals surface area contributed by atoms with Gasteiger partial charge >= 0.3 is 0 Å². The molecular formula is C9H11N3. The molecule has 1 aromatic carbocycles. The molecule has 1 aliphatic heterocycles. The average molecular weight is 161 g/mol. The third-order valence-electron chi connectivity index (χ3n) is 1.73. The summed E-state index contributed by atoms with van der Waals surface area (Å²) in [5.74, 6) is 0. The van der Waals surface area contributed by atoms with Crippen LogP contribution in [0.25, 0.3) is 0 Å². The molecule has 0 radical (unpaired) electrons. The highest BCUT2D eigenvalue weighted by Crippen LogP contribution is 2.13. The van der Waals surface area contributed by atoms with Gasteiger partial charge in [-0.05, 0) is 19.1 Å². The number of rotatable bonds is 1. The Morgan fingerprint density at radius 2 is 1.92 bits per heavy atom. The van der Waals surface area contributed by atoms with Crippen LogP contribution < -0.4 is 16.0 Å². The fraction of sp³-hybridized carbons (Fsp3) is 0.111. The molecule has 0 aromatic heterocycles. The summed E-state index contributed by atoms with van der Waals surface area (Å²) in [6.07, 6.45) is 2.01. The molecule has 2 rings (SSSR count). The Labute approximate surface area is 71.6 Å². The van der Waals surface area contributed by atoms with Crippen LogP contribution in [0.15, 0.2) is 42.2 Å². The molecule has 0 atom stereocenters. The van der Waals surface area contributed by atoms with Crippen LogP contribution in [0.1, 0.15) is 6.92 Å². The molecule has 3 nitrogen and oxygen atoms in total. The van der Waals surface area contributed by atoms with Gasteiger partial charge in [-0.2, -0.15) is 0 Å². The summed E-state index contributed by atoms with van der Waals surface area (Å²) in [7, 11) is 0. The highest BCUT2D eigenvalue weighted by Gasteiger charge is 2.07. The van der Waals surface area contributed by atoms with Crippen LogP contribution in [0.3, 0.4) is 0 Å². The Morgan fingerprint density at radius 1 is 1.17 bits per heavy atom. The van der Waals surface area contributed by atoms with Gasteiger partial charge in [0.05, 0.1) is 5.69 Å². The lowest BCUT2D eigenvalue weighted by atomic mass is 10.3. The van der Waals surface area contributed by atoms with Crippen molar-refractivity contribution in [2.45, 2.75) is 6.92 Å². The minimum Gasteiger partial charge on any atom is -0.306 e. The molecule has 0 aliphatic carbocycles. The standard InChI is InChI=1S/C9H11N3/c1-8-7-12(11-10-8)9-5-3-2-4-6-9/h2-7,10-11H,1H3. The predicted octanol–water partition coefficient (Wildman–Crippen LogP) is 1.38. The Hall–Kier alpha value is -1.48. The second-order valence-electron chi connectivity index (χ2n) is 2.75. The Morgan fingerprint density at radius 3 is 2.50 bits per heavy atom. The third-order valence-corrected chi connectivity index (χ3v) is 1.73. The van der Waals surface area contributed by atoms with E-state index in [0.29, 0.717) is 0 Å². The first-order valence-corrected chi connectivity index (χ1v) is 3.90. The van der Waals surface area contributed by atoms with Gasteiger partial charge < -0.3 is 5.43 Å². The van der Waals surface area contributed by atoms with Crippen molar-refractivity contribution in [3.63, 3.8) is 0 Å². The Kier molecular flexibility index (Phi) is 1.72. The molecule has 0 bridgehead atoms. The first kappa shape index (κ1) is 7.18. The predicted molar refractivity (Wildman–Crippen MR) is 48.9 cm³/mol. The minimum absolute atomic E-state index is 1.11. The first-order chi connectivity index (χ1) is 5.86. The molecule has 2 N–H and O–H groups in total. The number of anilines is 1. The summed E-state index contributed by atoms with van der Waals surface area (Å²) < 4.78 is 0. The zero-order valence-electron chi connectivity index (χ0n) is 6.91. The molecule has 0 spiro atoms. The van der Waals surface area contributed by atoms with Gasteiger partial charge in [0, 0.05) is 11.9 Å². The van der Waals surface area contributed by atoms with E-state index < -0.39 is 0 Å². The number of hydrogen-bond acceptors (Lipinski definition) is 3. The van der Waals surface area contributed by atoms with Crippen molar-refractivity contribution in [1.82, 2.24) is 11.0 Å². The van der Waals surface area contributed by atoms with Gasteiger partial charge in [0.1, 0.15) is 0 Å². The molecule has 1 aliphatic rings. The van der Waals surface area contributed by atoms with Crippen LogP contribution in [0.5, 0.6) is 0 Å². The van der Waals surface area contributed by atoms with Crippen LogP contribution in [-0.2, 0) is 0 Å². The lowest BCUT2D eigenvalue weighted by Gasteiger charge is -2.14. The fourth-order valence-electron chi connectivity index (χ4n) is 1.13. The van der Waals surface area contributed by atoms with E-state index in [1.165, 1.54) is 0 Å². The topological polar surface area (TPSA) is 27.3 Å². The number of nitrogens with one attached hydrogen (secondary N) is 2. The molecule has 0 amide bonds. The minimum atomic E-state index is 1.11. The van der Waals surface area contributed by atoms with Gasteiger partial charge in [-0.25, -0.2) is 0 Å². The van der Waals surface area contributed by atoms with E-state index in [9.17, 15) is 0 Å². The highest BCUT2D eigenvalue weighted by molar-refractivity contribution is 5.48. The summed E-state index contributed by atoms with van der Waals surface area (Å²) in [4.78, 5) is 0. The summed E-state index contributed by atoms with van der Waals surface area (Å²) in [6, 6.07) is 10.1. The smallest absolute Gasteiger partial charge is 0.0589 e. The molecule has 0 unspecified atom stereocenters. The van der Waals surface area contributed by atoms with E-state index in [2.05, 4.69) is 11.0 Å². The van der Waals surface area contributed by atoms with Crippen molar-refractivity contribution >= 4 is 5.69 Å². The number of para-hydroxylation sites is 1. The molecule has 0 saturated carbocycles. The SMILES string of the molecule is CC1=CN(c2ccccc2)NN1. The van der Waals surface area contributed by atoms with E-state index in [0.717, 1.165) is 11.4 Å². The molecule has 3 heteroatoms. The van der Waals surface area contributed by atoms with Crippen LogP contribution in [-0.4, -0.2) is 0 Å². The number of benzene rings is 1. The van der Waals surface area contributed by atoms with Crippen LogP contribution in [0, 0.1) is 0 Å². The highest BCUT2D eigenvalue weighted by atomic mass is 15.7. The summed E-state index contributed by atoms with van der Waals surface area (Å²) in [5, 5.41) is 1.94. The van der Waals surface area contributed by atoms with Gasteiger partial charge in [0.25, 0.3) is 0 Å². The summed E-state index contributed by atoms with van der Waals surface area (Å²) >= 11 is 0. The number of hydrazine groups is 2. The van der Waals surface area contributed by atoms with E-state index in [1.54, 1.807) is 0 Å². The molecule has 1 aromatic rings. The van der Waals surface area contributed by atoms with Gasteiger partial charge in [-0.15, -0.1) is 5.53 Å². The van der Waals surface area contributed by atoms with Crippen molar-refractivity contribution < 1.29 is 0 Å². The number of nitrogens with zero attached hydrogens (tertiary/aromatic N) is 1. The van der Waals surface area contributed by atoms with Crippen LogP contribution >= 0.6 is 0 Å². The van der Waals surface area contributed by atoms with Gasteiger partial charge in [0.2, 0.25) is 0 Å². The van der Waals surface area contributed by atoms with Gasteiger partial charge in [-0.3, -0.25) is 5.01 Å². The monoisotopic (exact) mass is 161 g/mol. The number of hydrogen-bond donors (Lipinski definition) is 2. The zero-order valence-corrected chi connectivity index (χ0v) is 6.91. The van der Waals surface area contributed by atoms with E-state index in [1.807, 2.05) is 48.5 Å². The molecule has 12 heavy (non-hydrogen) atoms. The lowest BCUT2D eigenvalue weighted by molar-refractivity contribution is 0.660. The van der Waals surface area contributed by atoms with Crippen molar-refractivity contribution in [2.75, 3.05) is 5.01 Å². The van der Waals surface area contributed by atoms with Crippen LogP contribution in [0.2, 0.25) is 0 Å². The first-order valence-electron chi connectivity index (χ1n) is 3.90. The van der Waals surface area contributed by atoms with Gasteiger partial charge in [-0.1, -0.05) is 18.2 Å². The molecule has 0 saturated heterocycles. The molecular weight excluding hydrogens is 150 g/mol. The quantitative estimate of drug-likeness (QED) is 0.651. The molecule has 0 fully saturated rings. The lowest BCUT2D eigenvalue weighted by Crippen LogP contribution is -2.36. The average Bonchev–Trinajstić information content (AvgIpc) is 2.54. The van der Waals surface area contributed by atoms with E-state index >= 15 is 0 Å². The van der Waals surface area contributed by atoms with E-state index in [4.69, 9.17) is 0 Å². The summed E-state index contributed by atoms with van der Waals surface area (Å²) in [6.45, 7) is 2.01. The van der Waals surface area contributed by atoms with Crippen molar-refractivity contribution in [2.24, 2.45) is 0 Å². The second kappa shape index (κ2) is 2.87. The molecule has 1 heterocycles. The van der Waals surface area contributed by atoms with Crippen LogP contribution in [0.4, 0.5) is 5.69 Å². The Balaban J connectivity index is 2.22. The maximum absolute atomic E-state index is 3.01. The Bertz CT molecular complexity index is 292. The van der Waals surface area contributed by atoms with Gasteiger partial charge in [0.15, 0.2) is 0 Å².